The van der Waals surface area contributed by atoms with Gasteiger partial charge in [0.2, 0.25) is 5.91 Å². The highest BCUT2D eigenvalue weighted by Gasteiger charge is 2.21. The number of primary amides is 1. The zero-order valence-corrected chi connectivity index (χ0v) is 18.0. The molecule has 1 amide bonds. The lowest BCUT2D eigenvalue weighted by Crippen LogP contribution is -2.36. The third kappa shape index (κ3) is 4.53. The molecule has 0 saturated carbocycles. The highest BCUT2D eigenvalue weighted by molar-refractivity contribution is 7.90. The molecule has 1 saturated heterocycles. The van der Waals surface area contributed by atoms with Crippen LogP contribution in [0.5, 0.6) is 5.75 Å². The maximum atomic E-state index is 12.9. The molecule has 1 aliphatic rings. The van der Waals surface area contributed by atoms with E-state index in [0.717, 1.165) is 34.4 Å². The maximum Gasteiger partial charge on any atom is 0.271 e. The number of hydrogen-bond donors (Lipinski definition) is 2. The van der Waals surface area contributed by atoms with Crippen molar-refractivity contribution in [3.05, 3.63) is 72.6 Å². The number of hydrogen-bond acceptors (Lipinski definition) is 6. The molecule has 32 heavy (non-hydrogen) atoms. The summed E-state index contributed by atoms with van der Waals surface area (Å²) in [4.78, 5) is 12.9. The van der Waals surface area contributed by atoms with E-state index in [9.17, 15) is 18.3 Å². The third-order valence-corrected chi connectivity index (χ3v) is 6.90. The Morgan fingerprint density at radius 3 is 2.38 bits per heavy atom. The zero-order chi connectivity index (χ0) is 22.7. The summed E-state index contributed by atoms with van der Waals surface area (Å²) in [6, 6.07) is 13.9. The summed E-state index contributed by atoms with van der Waals surface area (Å²) in [6.07, 6.45) is 5.24. The van der Waals surface area contributed by atoms with Crippen LogP contribution in [0.4, 0.5) is 5.69 Å². The number of carbonyl (C=O) groups is 1. The first-order chi connectivity index (χ1) is 15.3. The minimum Gasteiger partial charge on any atom is -0.506 e. The van der Waals surface area contributed by atoms with E-state index in [1.807, 2.05) is 24.3 Å². The standard InChI is InChI=1S/C23H23N3O5S/c24-23(28)8-1-17-9-10-26(16-17)32(29,30)22-7-4-19(15-21(22)27)18-2-5-20(6-3-18)25-11-13-31-14-12-25/h1-10,15-16,27H,11-14H2,(H2,24,28)/b8-1+. The van der Waals surface area contributed by atoms with Gasteiger partial charge in [0, 0.05) is 37.2 Å². The molecule has 2 aromatic carbocycles. The second-order valence-electron chi connectivity index (χ2n) is 7.34. The van der Waals surface area contributed by atoms with Gasteiger partial charge in [-0.05, 0) is 53.1 Å². The molecule has 0 atom stereocenters. The predicted octanol–water partition coefficient (Wildman–Crippen LogP) is 2.43. The number of amides is 1. The molecule has 0 aliphatic carbocycles. The van der Waals surface area contributed by atoms with Crippen molar-refractivity contribution in [1.82, 2.24) is 3.97 Å². The molecule has 2 heterocycles. The zero-order valence-electron chi connectivity index (χ0n) is 17.2. The Balaban J connectivity index is 1.57. The Morgan fingerprint density at radius 2 is 1.72 bits per heavy atom. The molecule has 9 heteroatoms. The number of carbonyl (C=O) groups excluding carboxylic acids is 1. The Labute approximate surface area is 186 Å². The van der Waals surface area contributed by atoms with Crippen molar-refractivity contribution >= 4 is 27.7 Å². The van der Waals surface area contributed by atoms with Gasteiger partial charge in [0.25, 0.3) is 10.0 Å². The molecule has 166 valence electrons. The van der Waals surface area contributed by atoms with Crippen LogP contribution in [-0.4, -0.2) is 49.7 Å². The second-order valence-corrected chi connectivity index (χ2v) is 9.16. The van der Waals surface area contributed by atoms with Crippen LogP contribution in [-0.2, 0) is 19.6 Å². The topological polar surface area (TPSA) is 115 Å². The van der Waals surface area contributed by atoms with Crippen molar-refractivity contribution in [1.29, 1.82) is 0 Å². The lowest BCUT2D eigenvalue weighted by molar-refractivity contribution is -0.113. The summed E-state index contributed by atoms with van der Waals surface area (Å²) in [5.41, 5.74) is 8.21. The fraction of sp³-hybridized carbons (Fsp3) is 0.174. The molecule has 3 aromatic rings. The molecule has 1 fully saturated rings. The number of rotatable bonds is 6. The third-order valence-electron chi connectivity index (χ3n) is 5.22. The van der Waals surface area contributed by atoms with E-state index in [-0.39, 0.29) is 10.6 Å². The number of phenolic OH excluding ortho intramolecular Hbond substituents is 1. The quantitative estimate of drug-likeness (QED) is 0.554. The normalized spacial score (nSPS) is 14.7. The smallest absolute Gasteiger partial charge is 0.271 e. The molecule has 1 aliphatic heterocycles. The summed E-state index contributed by atoms with van der Waals surface area (Å²) < 4.78 is 32.3. The highest BCUT2D eigenvalue weighted by atomic mass is 32.2. The van der Waals surface area contributed by atoms with Gasteiger partial charge in [0.1, 0.15) is 10.6 Å². The lowest BCUT2D eigenvalue weighted by Gasteiger charge is -2.28. The average molecular weight is 454 g/mol. The number of ether oxygens (including phenoxy) is 1. The van der Waals surface area contributed by atoms with Gasteiger partial charge < -0.3 is 20.5 Å². The van der Waals surface area contributed by atoms with Gasteiger partial charge in [-0.3, -0.25) is 4.79 Å². The van der Waals surface area contributed by atoms with Crippen molar-refractivity contribution in [2.45, 2.75) is 4.90 Å². The summed E-state index contributed by atoms with van der Waals surface area (Å²) in [5, 5.41) is 10.5. The van der Waals surface area contributed by atoms with Gasteiger partial charge in [-0.25, -0.2) is 12.4 Å². The van der Waals surface area contributed by atoms with Crippen LogP contribution in [0.15, 0.2) is 71.9 Å². The first kappa shape index (κ1) is 21.7. The van der Waals surface area contributed by atoms with Crippen LogP contribution in [0.1, 0.15) is 5.56 Å². The van der Waals surface area contributed by atoms with Crippen LogP contribution in [0.3, 0.4) is 0 Å². The van der Waals surface area contributed by atoms with E-state index in [1.54, 1.807) is 6.07 Å². The highest BCUT2D eigenvalue weighted by Crippen LogP contribution is 2.32. The van der Waals surface area contributed by atoms with Crippen molar-refractivity contribution in [2.75, 3.05) is 31.2 Å². The number of aromatic hydroxyl groups is 1. The minimum absolute atomic E-state index is 0.216. The van der Waals surface area contributed by atoms with E-state index in [2.05, 4.69) is 4.90 Å². The number of nitrogens with zero attached hydrogens (tertiary/aromatic N) is 2. The number of morpholine rings is 1. The summed E-state index contributed by atoms with van der Waals surface area (Å²) in [6.45, 7) is 3.09. The van der Waals surface area contributed by atoms with Gasteiger partial charge >= 0.3 is 0 Å². The van der Waals surface area contributed by atoms with E-state index >= 15 is 0 Å². The van der Waals surface area contributed by atoms with E-state index < -0.39 is 15.9 Å². The van der Waals surface area contributed by atoms with Crippen LogP contribution in [0, 0.1) is 0 Å². The number of aromatic nitrogens is 1. The average Bonchev–Trinajstić information content (AvgIpc) is 3.28. The van der Waals surface area contributed by atoms with Crippen molar-refractivity contribution < 1.29 is 23.1 Å². The molecule has 4 rings (SSSR count). The number of nitrogens with two attached hydrogens (primary N) is 1. The molecular formula is C23H23N3O5S. The molecule has 3 N–H and O–H groups in total. The Hall–Kier alpha value is -3.56. The van der Waals surface area contributed by atoms with Crippen LogP contribution in [0.2, 0.25) is 0 Å². The van der Waals surface area contributed by atoms with Crippen LogP contribution < -0.4 is 10.6 Å². The van der Waals surface area contributed by atoms with E-state index in [4.69, 9.17) is 10.5 Å². The van der Waals surface area contributed by atoms with Crippen molar-refractivity contribution in [2.24, 2.45) is 5.73 Å². The maximum absolute atomic E-state index is 12.9. The largest absolute Gasteiger partial charge is 0.506 e. The Kier molecular flexibility index (Phi) is 6.02. The summed E-state index contributed by atoms with van der Waals surface area (Å²) in [5.74, 6) is -0.977. The molecule has 0 radical (unpaired) electrons. The van der Waals surface area contributed by atoms with Gasteiger partial charge in [0.05, 0.1) is 13.2 Å². The van der Waals surface area contributed by atoms with E-state index in [1.165, 1.54) is 36.7 Å². The Bertz CT molecular complexity index is 1260. The molecule has 0 unspecified atom stereocenters. The molecule has 0 spiro atoms. The SMILES string of the molecule is NC(=O)/C=C/c1ccn(S(=O)(=O)c2ccc(-c3ccc(N4CCOCC4)cc3)cc2O)c1. The lowest BCUT2D eigenvalue weighted by atomic mass is 10.0. The van der Waals surface area contributed by atoms with Crippen molar-refractivity contribution in [3.8, 4) is 16.9 Å². The van der Waals surface area contributed by atoms with Gasteiger partial charge in [-0.15, -0.1) is 0 Å². The fourth-order valence-corrected chi connectivity index (χ4v) is 4.81. The Morgan fingerprint density at radius 1 is 1.03 bits per heavy atom. The van der Waals surface area contributed by atoms with Crippen molar-refractivity contribution in [3.63, 3.8) is 0 Å². The van der Waals surface area contributed by atoms with Crippen LogP contribution in [0.25, 0.3) is 17.2 Å². The van der Waals surface area contributed by atoms with E-state index in [0.29, 0.717) is 24.3 Å². The molecule has 0 bridgehead atoms. The number of benzene rings is 2. The predicted molar refractivity (Wildman–Crippen MR) is 122 cm³/mol. The van der Waals surface area contributed by atoms with Gasteiger partial charge in [-0.2, -0.15) is 0 Å². The molecule has 1 aromatic heterocycles. The first-order valence-electron chi connectivity index (χ1n) is 10.0. The molecular weight excluding hydrogens is 430 g/mol. The fourth-order valence-electron chi connectivity index (χ4n) is 3.53. The van der Waals surface area contributed by atoms with Gasteiger partial charge in [0.15, 0.2) is 0 Å². The summed E-state index contributed by atoms with van der Waals surface area (Å²) >= 11 is 0. The number of phenols is 1. The molecule has 8 nitrogen and oxygen atoms in total. The summed E-state index contributed by atoms with van der Waals surface area (Å²) in [7, 11) is -4.01. The monoisotopic (exact) mass is 453 g/mol. The van der Waals surface area contributed by atoms with Crippen LogP contribution >= 0.6 is 0 Å². The second kappa shape index (κ2) is 8.89. The van der Waals surface area contributed by atoms with Gasteiger partial charge in [-0.1, -0.05) is 18.2 Å². The minimum atomic E-state index is -4.01. The number of anilines is 1. The first-order valence-corrected chi connectivity index (χ1v) is 11.5.